The van der Waals surface area contributed by atoms with Crippen LogP contribution in [-0.2, 0) is 17.1 Å². The fourth-order valence-electron chi connectivity index (χ4n) is 1.34. The summed E-state index contributed by atoms with van der Waals surface area (Å²) in [5, 5.41) is 8.84. The molecule has 1 heterocycles. The zero-order valence-corrected chi connectivity index (χ0v) is 10.5. The Morgan fingerprint density at radius 2 is 2.19 bits per heavy atom. The summed E-state index contributed by atoms with van der Waals surface area (Å²) in [6.07, 6.45) is 1.48. The maximum Gasteiger partial charge on any atom is 0.262 e. The quantitative estimate of drug-likeness (QED) is 0.777. The van der Waals surface area contributed by atoms with Crippen molar-refractivity contribution in [3.63, 3.8) is 0 Å². The number of aliphatic hydroxyl groups is 1. The molecule has 0 saturated carbocycles. The van der Waals surface area contributed by atoms with Crippen molar-refractivity contribution in [3.8, 4) is 0 Å². The van der Waals surface area contributed by atoms with Crippen LogP contribution >= 0.6 is 0 Å². The third kappa shape index (κ3) is 2.42. The van der Waals surface area contributed by atoms with Crippen LogP contribution in [0.2, 0.25) is 0 Å². The van der Waals surface area contributed by atoms with Gasteiger partial charge in [0.2, 0.25) is 0 Å². The standard InChI is InChI=1S/C9H17N3O3S/c1-4-12(5-6-13)16(14,15)9-7-11(3)8(2)10-9/h7,13H,4-6H2,1-3H3. The predicted molar refractivity (Wildman–Crippen MR) is 59.5 cm³/mol. The molecule has 6 nitrogen and oxygen atoms in total. The van der Waals surface area contributed by atoms with E-state index >= 15 is 0 Å². The molecule has 16 heavy (non-hydrogen) atoms. The SMILES string of the molecule is CCN(CCO)S(=O)(=O)c1cn(C)c(C)n1. The number of aryl methyl sites for hydroxylation is 2. The van der Waals surface area contributed by atoms with E-state index in [1.807, 2.05) is 0 Å². The van der Waals surface area contributed by atoms with Gasteiger partial charge in [0.05, 0.1) is 6.61 Å². The summed E-state index contributed by atoms with van der Waals surface area (Å²) in [5.41, 5.74) is 0. The lowest BCUT2D eigenvalue weighted by atomic mass is 10.6. The zero-order valence-electron chi connectivity index (χ0n) is 9.71. The van der Waals surface area contributed by atoms with E-state index in [0.29, 0.717) is 12.4 Å². The molecule has 1 aromatic heterocycles. The molecule has 0 aliphatic rings. The molecule has 1 rings (SSSR count). The van der Waals surface area contributed by atoms with Crippen LogP contribution in [0.5, 0.6) is 0 Å². The van der Waals surface area contributed by atoms with Crippen molar-refractivity contribution in [1.82, 2.24) is 13.9 Å². The number of hydrogen-bond acceptors (Lipinski definition) is 4. The summed E-state index contributed by atoms with van der Waals surface area (Å²) in [6, 6.07) is 0. The minimum absolute atomic E-state index is 0.0304. The summed E-state index contributed by atoms with van der Waals surface area (Å²) in [6.45, 7) is 3.68. The smallest absolute Gasteiger partial charge is 0.262 e. The number of hydrogen-bond donors (Lipinski definition) is 1. The van der Waals surface area contributed by atoms with E-state index in [2.05, 4.69) is 4.98 Å². The van der Waals surface area contributed by atoms with Gasteiger partial charge in [-0.3, -0.25) is 0 Å². The first kappa shape index (κ1) is 13.1. The molecular weight excluding hydrogens is 230 g/mol. The number of likely N-dealkylation sites (N-methyl/N-ethyl adjacent to an activating group) is 1. The van der Waals surface area contributed by atoms with Gasteiger partial charge >= 0.3 is 0 Å². The van der Waals surface area contributed by atoms with Crippen LogP contribution in [-0.4, -0.2) is 47.1 Å². The average molecular weight is 247 g/mol. The average Bonchev–Trinajstić information content (AvgIpc) is 2.56. The molecule has 0 atom stereocenters. The number of sulfonamides is 1. The van der Waals surface area contributed by atoms with E-state index in [0.717, 1.165) is 0 Å². The molecule has 0 bridgehead atoms. The van der Waals surface area contributed by atoms with Crippen molar-refractivity contribution in [1.29, 1.82) is 0 Å². The van der Waals surface area contributed by atoms with Gasteiger partial charge in [0, 0.05) is 26.3 Å². The van der Waals surface area contributed by atoms with Gasteiger partial charge in [-0.25, -0.2) is 13.4 Å². The maximum atomic E-state index is 12.1. The van der Waals surface area contributed by atoms with E-state index < -0.39 is 10.0 Å². The summed E-state index contributed by atoms with van der Waals surface area (Å²) >= 11 is 0. The lowest BCUT2D eigenvalue weighted by molar-refractivity contribution is 0.257. The van der Waals surface area contributed by atoms with Crippen molar-refractivity contribution in [3.05, 3.63) is 12.0 Å². The van der Waals surface area contributed by atoms with Gasteiger partial charge in [-0.2, -0.15) is 4.31 Å². The second kappa shape index (κ2) is 4.94. The predicted octanol–water partition coefficient (Wildman–Crippen LogP) is -0.269. The van der Waals surface area contributed by atoms with Crippen molar-refractivity contribution < 1.29 is 13.5 Å². The van der Waals surface area contributed by atoms with Crippen LogP contribution in [0.4, 0.5) is 0 Å². The van der Waals surface area contributed by atoms with Gasteiger partial charge in [0.15, 0.2) is 5.03 Å². The molecule has 0 fully saturated rings. The van der Waals surface area contributed by atoms with E-state index in [-0.39, 0.29) is 18.2 Å². The van der Waals surface area contributed by atoms with Crippen LogP contribution < -0.4 is 0 Å². The Kier molecular flexibility index (Phi) is 4.06. The number of nitrogens with zero attached hydrogens (tertiary/aromatic N) is 3. The molecule has 0 amide bonds. The molecular formula is C9H17N3O3S. The molecule has 0 aliphatic carbocycles. The molecule has 0 radical (unpaired) electrons. The lowest BCUT2D eigenvalue weighted by Gasteiger charge is -2.17. The summed E-state index contributed by atoms with van der Waals surface area (Å²) in [5.74, 6) is 0.638. The first-order valence-corrected chi connectivity index (χ1v) is 6.48. The van der Waals surface area contributed by atoms with Crippen LogP contribution in [0.1, 0.15) is 12.7 Å². The van der Waals surface area contributed by atoms with Gasteiger partial charge in [-0.05, 0) is 6.92 Å². The molecule has 0 saturated heterocycles. The number of imidazole rings is 1. The first-order chi connectivity index (χ1) is 7.43. The zero-order chi connectivity index (χ0) is 12.3. The fraction of sp³-hybridized carbons (Fsp3) is 0.667. The highest BCUT2D eigenvalue weighted by Crippen LogP contribution is 2.13. The largest absolute Gasteiger partial charge is 0.395 e. The van der Waals surface area contributed by atoms with Crippen molar-refractivity contribution in [2.75, 3.05) is 19.7 Å². The van der Waals surface area contributed by atoms with Gasteiger partial charge in [0.25, 0.3) is 10.0 Å². The van der Waals surface area contributed by atoms with E-state index in [1.54, 1.807) is 25.5 Å². The molecule has 0 spiro atoms. The maximum absolute atomic E-state index is 12.1. The van der Waals surface area contributed by atoms with Gasteiger partial charge < -0.3 is 9.67 Å². The summed E-state index contributed by atoms with van der Waals surface area (Å²) in [4.78, 5) is 3.98. The summed E-state index contributed by atoms with van der Waals surface area (Å²) < 4.78 is 27.0. The Bertz CT molecular complexity index is 433. The molecule has 92 valence electrons. The number of aliphatic hydroxyl groups excluding tert-OH is 1. The Hall–Kier alpha value is -0.920. The normalized spacial score (nSPS) is 12.3. The summed E-state index contributed by atoms with van der Waals surface area (Å²) in [7, 11) is -1.83. The second-order valence-electron chi connectivity index (χ2n) is 3.46. The van der Waals surface area contributed by atoms with Gasteiger partial charge in [-0.1, -0.05) is 6.92 Å². The molecule has 7 heteroatoms. The molecule has 0 aromatic carbocycles. The van der Waals surface area contributed by atoms with E-state index in [4.69, 9.17) is 5.11 Å². The Labute approximate surface area is 95.6 Å². The highest BCUT2D eigenvalue weighted by molar-refractivity contribution is 7.89. The molecule has 0 aliphatic heterocycles. The van der Waals surface area contributed by atoms with Crippen molar-refractivity contribution in [2.45, 2.75) is 18.9 Å². The third-order valence-electron chi connectivity index (χ3n) is 2.39. The highest BCUT2D eigenvalue weighted by Gasteiger charge is 2.25. The topological polar surface area (TPSA) is 75.4 Å². The number of aromatic nitrogens is 2. The first-order valence-electron chi connectivity index (χ1n) is 5.04. The third-order valence-corrected chi connectivity index (χ3v) is 4.24. The fourth-order valence-corrected chi connectivity index (χ4v) is 2.81. The minimum Gasteiger partial charge on any atom is -0.395 e. The van der Waals surface area contributed by atoms with Crippen LogP contribution in [0.3, 0.4) is 0 Å². The van der Waals surface area contributed by atoms with Crippen LogP contribution in [0, 0.1) is 6.92 Å². The van der Waals surface area contributed by atoms with Crippen molar-refractivity contribution in [2.24, 2.45) is 7.05 Å². The second-order valence-corrected chi connectivity index (χ2v) is 5.34. The molecule has 1 N–H and O–H groups in total. The van der Waals surface area contributed by atoms with E-state index in [9.17, 15) is 8.42 Å². The van der Waals surface area contributed by atoms with Gasteiger partial charge in [0.1, 0.15) is 5.82 Å². The van der Waals surface area contributed by atoms with Crippen LogP contribution in [0.25, 0.3) is 0 Å². The van der Waals surface area contributed by atoms with Gasteiger partial charge in [-0.15, -0.1) is 0 Å². The highest BCUT2D eigenvalue weighted by atomic mass is 32.2. The minimum atomic E-state index is -3.57. The van der Waals surface area contributed by atoms with E-state index in [1.165, 1.54) is 10.5 Å². The molecule has 0 unspecified atom stereocenters. The molecule has 1 aromatic rings. The Morgan fingerprint density at radius 3 is 2.56 bits per heavy atom. The van der Waals surface area contributed by atoms with Crippen LogP contribution in [0.15, 0.2) is 11.2 Å². The Balaban J connectivity index is 3.09. The number of rotatable bonds is 5. The van der Waals surface area contributed by atoms with Crippen molar-refractivity contribution >= 4 is 10.0 Å². The monoisotopic (exact) mass is 247 g/mol. The lowest BCUT2D eigenvalue weighted by Crippen LogP contribution is -2.33. The Morgan fingerprint density at radius 1 is 1.56 bits per heavy atom.